The number of aromatic nitrogens is 1. The molecule has 0 fully saturated rings. The van der Waals surface area contributed by atoms with Crippen LogP contribution in [0.15, 0.2) is 16.7 Å². The van der Waals surface area contributed by atoms with E-state index in [1.165, 1.54) is 12.1 Å². The van der Waals surface area contributed by atoms with Crippen molar-refractivity contribution in [3.63, 3.8) is 0 Å². The highest BCUT2D eigenvalue weighted by atomic mass is 79.9. The summed E-state index contributed by atoms with van der Waals surface area (Å²) in [5.74, 6) is -1.21. The molecule has 1 heterocycles. The van der Waals surface area contributed by atoms with Crippen LogP contribution in [-0.4, -0.2) is 23.7 Å². The molecule has 0 aliphatic carbocycles. The Morgan fingerprint density at radius 3 is 2.59 bits per heavy atom. The average molecular weight is 310 g/mol. The fraction of sp³-hybridized carbons (Fsp3) is 0.400. The molecule has 1 aromatic rings. The molecule has 0 amide bonds. The van der Waals surface area contributed by atoms with Gasteiger partial charge >= 0.3 is 12.6 Å². The largest absolute Gasteiger partial charge is 0.459 e. The molecule has 0 bridgehead atoms. The molecule has 1 rings (SSSR count). The van der Waals surface area contributed by atoms with Crippen LogP contribution in [0, 0.1) is 0 Å². The summed E-state index contributed by atoms with van der Waals surface area (Å²) in [7, 11) is 0. The SMILES string of the molecule is CC(C)OC(=O)c1ccc(Br)nc1OC(F)F. The summed E-state index contributed by atoms with van der Waals surface area (Å²) in [5.41, 5.74) is -0.137. The number of hydrogen-bond donors (Lipinski definition) is 0. The monoisotopic (exact) mass is 309 g/mol. The topological polar surface area (TPSA) is 48.4 Å². The zero-order valence-corrected chi connectivity index (χ0v) is 10.7. The van der Waals surface area contributed by atoms with Crippen LogP contribution in [0.3, 0.4) is 0 Å². The van der Waals surface area contributed by atoms with Crippen molar-refractivity contribution in [3.05, 3.63) is 22.3 Å². The Hall–Kier alpha value is -1.24. The molecular formula is C10H10BrF2NO3. The predicted molar refractivity (Wildman–Crippen MR) is 59.1 cm³/mol. The van der Waals surface area contributed by atoms with E-state index in [-0.39, 0.29) is 16.3 Å². The van der Waals surface area contributed by atoms with Crippen molar-refractivity contribution in [2.24, 2.45) is 0 Å². The fourth-order valence-corrected chi connectivity index (χ4v) is 1.32. The molecule has 17 heavy (non-hydrogen) atoms. The predicted octanol–water partition coefficient (Wildman–Crippen LogP) is 3.01. The number of pyridine rings is 1. The second-order valence-electron chi connectivity index (χ2n) is 3.32. The van der Waals surface area contributed by atoms with E-state index in [0.29, 0.717) is 0 Å². The first kappa shape index (κ1) is 13.8. The van der Waals surface area contributed by atoms with E-state index in [9.17, 15) is 13.6 Å². The molecule has 0 spiro atoms. The van der Waals surface area contributed by atoms with Crippen molar-refractivity contribution in [3.8, 4) is 5.88 Å². The Balaban J connectivity index is 3.01. The third-order valence-corrected chi connectivity index (χ3v) is 2.03. The third-order valence-electron chi connectivity index (χ3n) is 1.59. The van der Waals surface area contributed by atoms with Crippen molar-refractivity contribution in [2.45, 2.75) is 26.6 Å². The highest BCUT2D eigenvalue weighted by molar-refractivity contribution is 9.10. The van der Waals surface area contributed by atoms with E-state index in [1.807, 2.05) is 0 Å². The van der Waals surface area contributed by atoms with Gasteiger partial charge in [-0.1, -0.05) is 0 Å². The van der Waals surface area contributed by atoms with Crippen LogP contribution in [-0.2, 0) is 4.74 Å². The molecule has 0 unspecified atom stereocenters. The first-order valence-electron chi connectivity index (χ1n) is 4.72. The summed E-state index contributed by atoms with van der Waals surface area (Å²) in [6, 6.07) is 2.74. The molecule has 1 aromatic heterocycles. The first-order valence-corrected chi connectivity index (χ1v) is 5.51. The summed E-state index contributed by atoms with van der Waals surface area (Å²) in [5, 5.41) is 0. The molecule has 0 saturated heterocycles. The number of hydrogen-bond acceptors (Lipinski definition) is 4. The highest BCUT2D eigenvalue weighted by Gasteiger charge is 2.19. The molecule has 0 aliphatic rings. The van der Waals surface area contributed by atoms with Crippen molar-refractivity contribution >= 4 is 21.9 Å². The Morgan fingerprint density at radius 1 is 1.41 bits per heavy atom. The van der Waals surface area contributed by atoms with Gasteiger partial charge in [0.25, 0.3) is 0 Å². The molecule has 0 N–H and O–H groups in total. The van der Waals surface area contributed by atoms with Crippen LogP contribution < -0.4 is 4.74 Å². The summed E-state index contributed by atoms with van der Waals surface area (Å²) in [4.78, 5) is 15.2. The maximum atomic E-state index is 12.1. The van der Waals surface area contributed by atoms with E-state index >= 15 is 0 Å². The number of ether oxygens (including phenoxy) is 2. The molecule has 0 saturated carbocycles. The lowest BCUT2D eigenvalue weighted by atomic mass is 10.3. The zero-order valence-electron chi connectivity index (χ0n) is 9.12. The molecular weight excluding hydrogens is 300 g/mol. The van der Waals surface area contributed by atoms with Gasteiger partial charge in [0.15, 0.2) is 0 Å². The first-order chi connectivity index (χ1) is 7.90. The Labute approximate surface area is 105 Å². The molecule has 0 radical (unpaired) electrons. The van der Waals surface area contributed by atoms with E-state index in [4.69, 9.17) is 4.74 Å². The number of nitrogens with zero attached hydrogens (tertiary/aromatic N) is 1. The third kappa shape index (κ3) is 4.26. The van der Waals surface area contributed by atoms with E-state index < -0.39 is 18.5 Å². The molecule has 7 heteroatoms. The number of alkyl halides is 2. The maximum Gasteiger partial charge on any atom is 0.388 e. The Kier molecular flexibility index (Phi) is 4.80. The second kappa shape index (κ2) is 5.90. The number of carbonyl (C=O) groups excluding carboxylic acids is 1. The van der Waals surface area contributed by atoms with Gasteiger partial charge < -0.3 is 9.47 Å². The van der Waals surface area contributed by atoms with E-state index in [0.717, 1.165) is 0 Å². The molecule has 0 atom stereocenters. The quantitative estimate of drug-likeness (QED) is 0.633. The molecule has 94 valence electrons. The minimum atomic E-state index is -3.05. The van der Waals surface area contributed by atoms with Crippen molar-refractivity contribution in [1.82, 2.24) is 4.98 Å². The summed E-state index contributed by atoms with van der Waals surface area (Å²) in [6.07, 6.45) is -0.356. The number of halogens is 3. The highest BCUT2D eigenvalue weighted by Crippen LogP contribution is 2.22. The normalized spacial score (nSPS) is 10.8. The fourth-order valence-electron chi connectivity index (χ4n) is 1.03. The lowest BCUT2D eigenvalue weighted by Crippen LogP contribution is -2.15. The van der Waals surface area contributed by atoms with Gasteiger partial charge in [-0.15, -0.1) is 0 Å². The van der Waals surface area contributed by atoms with Gasteiger partial charge in [-0.3, -0.25) is 0 Å². The van der Waals surface area contributed by atoms with E-state index in [2.05, 4.69) is 25.7 Å². The summed E-state index contributed by atoms with van der Waals surface area (Å²) in [6.45, 7) is 0.248. The van der Waals surface area contributed by atoms with Gasteiger partial charge in [-0.05, 0) is 41.9 Å². The van der Waals surface area contributed by atoms with Crippen LogP contribution in [0.25, 0.3) is 0 Å². The van der Waals surface area contributed by atoms with Crippen LogP contribution in [0.2, 0.25) is 0 Å². The number of carbonyl (C=O) groups is 1. The van der Waals surface area contributed by atoms with Gasteiger partial charge in [-0.2, -0.15) is 8.78 Å². The van der Waals surface area contributed by atoms with Gasteiger partial charge in [-0.25, -0.2) is 9.78 Å². The van der Waals surface area contributed by atoms with Gasteiger partial charge in [0.2, 0.25) is 5.88 Å². The van der Waals surface area contributed by atoms with Gasteiger partial charge in [0.1, 0.15) is 10.2 Å². The van der Waals surface area contributed by atoms with Crippen LogP contribution >= 0.6 is 15.9 Å². The zero-order chi connectivity index (χ0) is 13.0. The average Bonchev–Trinajstić information content (AvgIpc) is 2.15. The number of esters is 1. The van der Waals surface area contributed by atoms with Crippen molar-refractivity contribution in [1.29, 1.82) is 0 Å². The smallest absolute Gasteiger partial charge is 0.388 e. The van der Waals surface area contributed by atoms with Crippen molar-refractivity contribution in [2.75, 3.05) is 0 Å². The minimum absolute atomic E-state index is 0.137. The molecule has 4 nitrogen and oxygen atoms in total. The Morgan fingerprint density at radius 2 is 2.06 bits per heavy atom. The lowest BCUT2D eigenvalue weighted by molar-refractivity contribution is -0.0536. The standard InChI is InChI=1S/C10H10BrF2NO3/c1-5(2)16-9(15)6-3-4-7(11)14-8(6)17-10(12)13/h3-5,10H,1-2H3. The minimum Gasteiger partial charge on any atom is -0.459 e. The van der Waals surface area contributed by atoms with Crippen molar-refractivity contribution < 1.29 is 23.0 Å². The number of rotatable bonds is 4. The lowest BCUT2D eigenvalue weighted by Gasteiger charge is -2.11. The molecule has 0 aliphatic heterocycles. The molecule has 0 aromatic carbocycles. The van der Waals surface area contributed by atoms with E-state index in [1.54, 1.807) is 13.8 Å². The van der Waals surface area contributed by atoms with Gasteiger partial charge in [0, 0.05) is 0 Å². The van der Waals surface area contributed by atoms with Crippen LogP contribution in [0.1, 0.15) is 24.2 Å². The summed E-state index contributed by atoms with van der Waals surface area (Å²) >= 11 is 3.00. The maximum absolute atomic E-state index is 12.1. The Bertz CT molecular complexity index is 413. The van der Waals surface area contributed by atoms with Crippen LogP contribution in [0.4, 0.5) is 8.78 Å². The second-order valence-corrected chi connectivity index (χ2v) is 4.13. The van der Waals surface area contributed by atoms with Gasteiger partial charge in [0.05, 0.1) is 6.10 Å². The van der Waals surface area contributed by atoms with Crippen LogP contribution in [0.5, 0.6) is 5.88 Å². The summed E-state index contributed by atoms with van der Waals surface area (Å²) < 4.78 is 33.6.